The summed E-state index contributed by atoms with van der Waals surface area (Å²) in [4.78, 5) is 11.2. The van der Waals surface area contributed by atoms with Crippen molar-refractivity contribution in [2.24, 2.45) is 0 Å². The maximum Gasteiger partial charge on any atom is 0.319 e. The van der Waals surface area contributed by atoms with Gasteiger partial charge in [-0.15, -0.1) is 0 Å². The molecule has 3 nitrogen and oxygen atoms in total. The molecule has 0 aliphatic rings. The number of amides is 2. The molecule has 0 atom stereocenters. The van der Waals surface area contributed by atoms with Gasteiger partial charge in [0.2, 0.25) is 0 Å². The molecule has 0 spiro atoms. The lowest BCUT2D eigenvalue weighted by Crippen LogP contribution is -2.29. The van der Waals surface area contributed by atoms with Crippen molar-refractivity contribution in [2.75, 3.05) is 11.9 Å². The van der Waals surface area contributed by atoms with Crippen LogP contribution in [0.3, 0.4) is 0 Å². The Kier molecular flexibility index (Phi) is 3.66. The molecular formula is C11H15FN2O. The molecule has 1 aromatic rings. The number of hydrogen-bond donors (Lipinski definition) is 2. The highest BCUT2D eigenvalue weighted by Crippen LogP contribution is 2.20. The van der Waals surface area contributed by atoms with Gasteiger partial charge in [0.15, 0.2) is 0 Å². The zero-order chi connectivity index (χ0) is 11.4. The van der Waals surface area contributed by atoms with Gasteiger partial charge in [-0.3, -0.25) is 0 Å². The Balaban J connectivity index is 2.90. The molecule has 0 aliphatic carbocycles. The molecule has 0 radical (unpaired) electrons. The van der Waals surface area contributed by atoms with Crippen molar-refractivity contribution in [2.45, 2.75) is 20.8 Å². The minimum Gasteiger partial charge on any atom is -0.338 e. The Hall–Kier alpha value is -1.58. The quantitative estimate of drug-likeness (QED) is 0.774. The molecule has 0 heterocycles. The van der Waals surface area contributed by atoms with Crippen LogP contribution in [0, 0.1) is 19.7 Å². The van der Waals surface area contributed by atoms with E-state index in [0.29, 0.717) is 6.54 Å². The third-order valence-electron chi connectivity index (χ3n) is 2.01. The third kappa shape index (κ3) is 2.94. The largest absolute Gasteiger partial charge is 0.338 e. The van der Waals surface area contributed by atoms with E-state index >= 15 is 0 Å². The Morgan fingerprint density at radius 3 is 2.60 bits per heavy atom. The molecule has 0 aliphatic heterocycles. The molecule has 4 heteroatoms. The van der Waals surface area contributed by atoms with Gasteiger partial charge in [-0.1, -0.05) is 6.07 Å². The van der Waals surface area contributed by atoms with Crippen LogP contribution in [0.4, 0.5) is 14.9 Å². The first-order valence-corrected chi connectivity index (χ1v) is 4.86. The zero-order valence-corrected chi connectivity index (χ0v) is 9.15. The Bertz CT molecular complexity index is 354. The van der Waals surface area contributed by atoms with Crippen LogP contribution in [0.1, 0.15) is 18.1 Å². The molecule has 2 amide bonds. The summed E-state index contributed by atoms with van der Waals surface area (Å²) in [5.74, 6) is -0.404. The number of aryl methyl sites for hydroxylation is 2. The molecular weight excluding hydrogens is 195 g/mol. The van der Waals surface area contributed by atoms with Gasteiger partial charge < -0.3 is 10.6 Å². The van der Waals surface area contributed by atoms with E-state index in [0.717, 1.165) is 11.1 Å². The fraction of sp³-hybridized carbons (Fsp3) is 0.364. The van der Waals surface area contributed by atoms with Crippen molar-refractivity contribution >= 4 is 11.7 Å². The van der Waals surface area contributed by atoms with E-state index in [1.165, 1.54) is 6.07 Å². The van der Waals surface area contributed by atoms with E-state index in [1.807, 2.05) is 13.0 Å². The standard InChI is InChI=1S/C11H15FN2O/c1-4-13-11(15)14-10-8(3)5-7(2)6-9(10)12/h5-6H,4H2,1-3H3,(H2,13,14,15). The summed E-state index contributed by atoms with van der Waals surface area (Å²) in [6.45, 7) is 5.89. The van der Waals surface area contributed by atoms with E-state index in [-0.39, 0.29) is 11.7 Å². The first-order chi connectivity index (χ1) is 7.04. The minimum atomic E-state index is -0.404. The Labute approximate surface area is 88.7 Å². The van der Waals surface area contributed by atoms with Crippen molar-refractivity contribution in [1.82, 2.24) is 5.32 Å². The first-order valence-electron chi connectivity index (χ1n) is 4.86. The van der Waals surface area contributed by atoms with Gasteiger partial charge >= 0.3 is 6.03 Å². The number of anilines is 1. The molecule has 0 fully saturated rings. The van der Waals surface area contributed by atoms with Gasteiger partial charge in [0.1, 0.15) is 5.82 Å². The summed E-state index contributed by atoms with van der Waals surface area (Å²) >= 11 is 0. The van der Waals surface area contributed by atoms with Gasteiger partial charge in [0.05, 0.1) is 5.69 Å². The summed E-state index contributed by atoms with van der Waals surface area (Å²) in [6, 6.07) is 2.84. The highest BCUT2D eigenvalue weighted by molar-refractivity contribution is 5.90. The molecule has 82 valence electrons. The molecule has 0 saturated heterocycles. The summed E-state index contributed by atoms with van der Waals surface area (Å²) in [7, 11) is 0. The van der Waals surface area contributed by atoms with Gasteiger partial charge in [-0.25, -0.2) is 9.18 Å². The molecule has 15 heavy (non-hydrogen) atoms. The van der Waals surface area contributed by atoms with Crippen molar-refractivity contribution < 1.29 is 9.18 Å². The van der Waals surface area contributed by atoms with Crippen LogP contribution in [0.15, 0.2) is 12.1 Å². The van der Waals surface area contributed by atoms with Crippen molar-refractivity contribution in [3.63, 3.8) is 0 Å². The number of hydrogen-bond acceptors (Lipinski definition) is 1. The number of halogens is 1. The van der Waals surface area contributed by atoms with E-state index in [4.69, 9.17) is 0 Å². The number of nitrogens with one attached hydrogen (secondary N) is 2. The second-order valence-electron chi connectivity index (χ2n) is 3.42. The van der Waals surface area contributed by atoms with Crippen molar-refractivity contribution in [3.8, 4) is 0 Å². The zero-order valence-electron chi connectivity index (χ0n) is 9.15. The summed E-state index contributed by atoms with van der Waals surface area (Å²) in [6.07, 6.45) is 0. The predicted octanol–water partition coefficient (Wildman–Crippen LogP) is 2.58. The van der Waals surface area contributed by atoms with E-state index < -0.39 is 5.82 Å². The lowest BCUT2D eigenvalue weighted by molar-refractivity contribution is 0.252. The highest BCUT2D eigenvalue weighted by atomic mass is 19.1. The SMILES string of the molecule is CCNC(=O)Nc1c(C)cc(C)cc1F. The van der Waals surface area contributed by atoms with Crippen LogP contribution in [-0.4, -0.2) is 12.6 Å². The topological polar surface area (TPSA) is 41.1 Å². The Morgan fingerprint density at radius 2 is 2.07 bits per heavy atom. The van der Waals surface area contributed by atoms with E-state index in [1.54, 1.807) is 13.8 Å². The average Bonchev–Trinajstić information content (AvgIpc) is 2.11. The maximum atomic E-state index is 13.5. The number of benzene rings is 1. The molecule has 2 N–H and O–H groups in total. The normalized spacial score (nSPS) is 9.87. The lowest BCUT2D eigenvalue weighted by Gasteiger charge is -2.10. The molecule has 1 aromatic carbocycles. The average molecular weight is 210 g/mol. The van der Waals surface area contributed by atoms with E-state index in [2.05, 4.69) is 10.6 Å². The highest BCUT2D eigenvalue weighted by Gasteiger charge is 2.09. The third-order valence-corrected chi connectivity index (χ3v) is 2.01. The van der Waals surface area contributed by atoms with Crippen LogP contribution >= 0.6 is 0 Å². The maximum absolute atomic E-state index is 13.5. The number of rotatable bonds is 2. The van der Waals surface area contributed by atoms with Crippen molar-refractivity contribution in [3.05, 3.63) is 29.1 Å². The van der Waals surface area contributed by atoms with Crippen LogP contribution in [0.25, 0.3) is 0 Å². The van der Waals surface area contributed by atoms with Crippen LogP contribution < -0.4 is 10.6 Å². The van der Waals surface area contributed by atoms with Crippen LogP contribution in [0.5, 0.6) is 0 Å². The number of carbonyl (C=O) groups is 1. The molecule has 0 aromatic heterocycles. The summed E-state index contributed by atoms with van der Waals surface area (Å²) in [5.41, 5.74) is 1.80. The van der Waals surface area contributed by atoms with Crippen LogP contribution in [0.2, 0.25) is 0 Å². The summed E-state index contributed by atoms with van der Waals surface area (Å²) < 4.78 is 13.5. The second-order valence-corrected chi connectivity index (χ2v) is 3.42. The molecule has 0 unspecified atom stereocenters. The smallest absolute Gasteiger partial charge is 0.319 e. The molecule has 1 rings (SSSR count). The molecule has 0 saturated carbocycles. The van der Waals surface area contributed by atoms with Crippen LogP contribution in [-0.2, 0) is 0 Å². The lowest BCUT2D eigenvalue weighted by atomic mass is 10.1. The minimum absolute atomic E-state index is 0.242. The Morgan fingerprint density at radius 1 is 1.40 bits per heavy atom. The van der Waals surface area contributed by atoms with Crippen molar-refractivity contribution in [1.29, 1.82) is 0 Å². The predicted molar refractivity (Wildman–Crippen MR) is 58.6 cm³/mol. The van der Waals surface area contributed by atoms with Gasteiger partial charge in [0.25, 0.3) is 0 Å². The second kappa shape index (κ2) is 4.77. The fourth-order valence-electron chi connectivity index (χ4n) is 1.39. The number of carbonyl (C=O) groups excluding carboxylic acids is 1. The van der Waals surface area contributed by atoms with Gasteiger partial charge in [0, 0.05) is 6.54 Å². The molecule has 0 bridgehead atoms. The fourth-order valence-corrected chi connectivity index (χ4v) is 1.39. The number of urea groups is 1. The first kappa shape index (κ1) is 11.5. The summed E-state index contributed by atoms with van der Waals surface area (Å²) in [5, 5.41) is 5.03. The monoisotopic (exact) mass is 210 g/mol. The van der Waals surface area contributed by atoms with Gasteiger partial charge in [-0.05, 0) is 38.0 Å². The van der Waals surface area contributed by atoms with E-state index in [9.17, 15) is 9.18 Å². The van der Waals surface area contributed by atoms with Gasteiger partial charge in [-0.2, -0.15) is 0 Å².